The summed E-state index contributed by atoms with van der Waals surface area (Å²) >= 11 is 0. The van der Waals surface area contributed by atoms with E-state index >= 15 is 0 Å². The van der Waals surface area contributed by atoms with Gasteiger partial charge in [0.1, 0.15) is 5.71 Å². The molecule has 1 aromatic carbocycles. The Kier molecular flexibility index (Phi) is 3.55. The molecule has 3 N–H and O–H groups in total. The van der Waals surface area contributed by atoms with E-state index in [1.807, 2.05) is 26.0 Å². The Hall–Kier alpha value is -1.97. The Balaban J connectivity index is 2.81. The van der Waals surface area contributed by atoms with Crippen LogP contribution < -0.4 is 5.32 Å². The molecule has 0 bridgehead atoms. The summed E-state index contributed by atoms with van der Waals surface area (Å²) in [5, 5.41) is 17.1. The fourth-order valence-electron chi connectivity index (χ4n) is 1.18. The van der Waals surface area contributed by atoms with Crippen LogP contribution in [0.4, 0.5) is 5.69 Å². The van der Waals surface area contributed by atoms with Crippen molar-refractivity contribution in [3.8, 4) is 0 Å². The summed E-state index contributed by atoms with van der Waals surface area (Å²) in [6.07, 6.45) is 0. The minimum atomic E-state index is -0.546. The lowest BCUT2D eigenvalue weighted by atomic mass is 10.1. The molecule has 0 atom stereocenters. The molecule has 0 saturated heterocycles. The predicted molar refractivity (Wildman–Crippen MR) is 65.7 cm³/mol. The van der Waals surface area contributed by atoms with Crippen LogP contribution in [-0.4, -0.2) is 17.3 Å². The van der Waals surface area contributed by atoms with Gasteiger partial charge in [0.25, 0.3) is 5.91 Å². The first-order chi connectivity index (χ1) is 7.41. The smallest absolute Gasteiger partial charge is 0.275 e. The van der Waals surface area contributed by atoms with Crippen LogP contribution in [0.25, 0.3) is 0 Å². The van der Waals surface area contributed by atoms with E-state index in [1.165, 1.54) is 6.92 Å². The Morgan fingerprint density at radius 1 is 1.19 bits per heavy atom. The molecule has 0 radical (unpaired) electrons. The third-order valence-electron chi connectivity index (χ3n) is 2.37. The Morgan fingerprint density at radius 2 is 1.81 bits per heavy atom. The second kappa shape index (κ2) is 4.70. The zero-order valence-corrected chi connectivity index (χ0v) is 9.64. The summed E-state index contributed by atoms with van der Waals surface area (Å²) in [6, 6.07) is 5.54. The number of carbonyl (C=O) groups is 1. The van der Waals surface area contributed by atoms with Crippen molar-refractivity contribution in [3.05, 3.63) is 29.3 Å². The Morgan fingerprint density at radius 3 is 2.31 bits per heavy atom. The zero-order chi connectivity index (χ0) is 12.3. The number of hydrogen-bond acceptors (Lipinski definition) is 3. The van der Waals surface area contributed by atoms with Gasteiger partial charge in [0.2, 0.25) is 0 Å². The molecule has 4 nitrogen and oxygen atoms in total. The normalized spacial score (nSPS) is 9.69. The van der Waals surface area contributed by atoms with Gasteiger partial charge in [0, 0.05) is 5.69 Å². The number of anilines is 1. The van der Waals surface area contributed by atoms with Crippen LogP contribution in [0.5, 0.6) is 0 Å². The standard InChI is InChI=1S/C12H15N3O/c1-7-4-5-10(6-8(7)2)15-12(16)11(14)9(3)13/h4-6,13-14H,1-3H3,(H,15,16). The molecule has 4 heteroatoms. The number of amides is 1. The molecule has 0 aliphatic carbocycles. The van der Waals surface area contributed by atoms with Gasteiger partial charge in [0.05, 0.1) is 5.71 Å². The van der Waals surface area contributed by atoms with Crippen molar-refractivity contribution < 1.29 is 4.79 Å². The molecule has 0 aliphatic heterocycles. The van der Waals surface area contributed by atoms with Crippen molar-refractivity contribution >= 4 is 23.0 Å². The lowest BCUT2D eigenvalue weighted by molar-refractivity contribution is -0.110. The topological polar surface area (TPSA) is 76.8 Å². The summed E-state index contributed by atoms with van der Waals surface area (Å²) in [6.45, 7) is 5.37. The maximum atomic E-state index is 11.5. The lowest BCUT2D eigenvalue weighted by Gasteiger charge is -2.07. The van der Waals surface area contributed by atoms with Crippen LogP contribution in [0.1, 0.15) is 18.1 Å². The fourth-order valence-corrected chi connectivity index (χ4v) is 1.18. The summed E-state index contributed by atoms with van der Waals surface area (Å²) in [5.41, 5.74) is 2.53. The highest BCUT2D eigenvalue weighted by Gasteiger charge is 2.11. The highest BCUT2D eigenvalue weighted by atomic mass is 16.1. The largest absolute Gasteiger partial charge is 0.321 e. The molecule has 16 heavy (non-hydrogen) atoms. The lowest BCUT2D eigenvalue weighted by Crippen LogP contribution is -2.27. The number of benzene rings is 1. The third kappa shape index (κ3) is 2.76. The van der Waals surface area contributed by atoms with Crippen LogP contribution in [-0.2, 0) is 4.79 Å². The molecule has 0 fully saturated rings. The van der Waals surface area contributed by atoms with Gasteiger partial charge in [-0.1, -0.05) is 6.07 Å². The maximum absolute atomic E-state index is 11.5. The van der Waals surface area contributed by atoms with Crippen LogP contribution in [0.2, 0.25) is 0 Å². The highest BCUT2D eigenvalue weighted by molar-refractivity contribution is 6.66. The van der Waals surface area contributed by atoms with E-state index in [9.17, 15) is 4.79 Å². The summed E-state index contributed by atoms with van der Waals surface area (Å²) in [7, 11) is 0. The minimum Gasteiger partial charge on any atom is -0.321 e. The van der Waals surface area contributed by atoms with Crippen molar-refractivity contribution in [2.24, 2.45) is 0 Å². The molecule has 0 saturated carbocycles. The maximum Gasteiger partial charge on any atom is 0.275 e. The van der Waals surface area contributed by atoms with E-state index in [4.69, 9.17) is 10.8 Å². The van der Waals surface area contributed by atoms with E-state index in [1.54, 1.807) is 6.07 Å². The summed E-state index contributed by atoms with van der Waals surface area (Å²) in [4.78, 5) is 11.5. The monoisotopic (exact) mass is 217 g/mol. The van der Waals surface area contributed by atoms with Gasteiger partial charge in [-0.15, -0.1) is 0 Å². The van der Waals surface area contributed by atoms with Crippen LogP contribution >= 0.6 is 0 Å². The average Bonchev–Trinajstić information content (AvgIpc) is 2.22. The van der Waals surface area contributed by atoms with Crippen molar-refractivity contribution in [2.45, 2.75) is 20.8 Å². The second-order valence-electron chi connectivity index (χ2n) is 3.75. The van der Waals surface area contributed by atoms with Crippen molar-refractivity contribution in [1.29, 1.82) is 10.8 Å². The molecule has 0 unspecified atom stereocenters. The van der Waals surface area contributed by atoms with E-state index in [0.717, 1.165) is 11.1 Å². The first-order valence-electron chi connectivity index (χ1n) is 4.94. The second-order valence-corrected chi connectivity index (χ2v) is 3.75. The van der Waals surface area contributed by atoms with E-state index < -0.39 is 5.91 Å². The van der Waals surface area contributed by atoms with Crippen molar-refractivity contribution in [1.82, 2.24) is 0 Å². The van der Waals surface area contributed by atoms with Crippen molar-refractivity contribution in [3.63, 3.8) is 0 Å². The molecule has 0 aromatic heterocycles. The van der Waals surface area contributed by atoms with E-state index in [0.29, 0.717) is 5.69 Å². The number of hydrogen-bond donors (Lipinski definition) is 3. The quantitative estimate of drug-likeness (QED) is 0.667. The predicted octanol–water partition coefficient (Wildman–Crippen LogP) is 2.30. The molecule has 0 spiro atoms. The molecular formula is C12H15N3O. The first kappa shape index (κ1) is 12.1. The third-order valence-corrected chi connectivity index (χ3v) is 2.37. The van der Waals surface area contributed by atoms with E-state index in [2.05, 4.69) is 5.32 Å². The molecule has 0 aliphatic rings. The fraction of sp³-hybridized carbons (Fsp3) is 0.250. The molecule has 84 valence electrons. The van der Waals surface area contributed by atoms with Gasteiger partial charge in [-0.25, -0.2) is 0 Å². The Labute approximate surface area is 94.7 Å². The molecule has 1 rings (SSSR count). The Bertz CT molecular complexity index is 463. The van der Waals surface area contributed by atoms with E-state index in [-0.39, 0.29) is 11.4 Å². The van der Waals surface area contributed by atoms with Crippen LogP contribution in [0, 0.1) is 24.7 Å². The summed E-state index contributed by atoms with van der Waals surface area (Å²) < 4.78 is 0. The number of rotatable bonds is 3. The van der Waals surface area contributed by atoms with Gasteiger partial charge >= 0.3 is 0 Å². The van der Waals surface area contributed by atoms with Gasteiger partial charge in [0.15, 0.2) is 0 Å². The minimum absolute atomic E-state index is 0.0404. The average molecular weight is 217 g/mol. The summed E-state index contributed by atoms with van der Waals surface area (Å²) in [5.74, 6) is -0.546. The number of carbonyl (C=O) groups excluding carboxylic acids is 1. The van der Waals surface area contributed by atoms with Gasteiger partial charge in [-0.2, -0.15) is 0 Å². The molecular weight excluding hydrogens is 202 g/mol. The van der Waals surface area contributed by atoms with Gasteiger partial charge in [-0.3, -0.25) is 10.2 Å². The van der Waals surface area contributed by atoms with Gasteiger partial charge < -0.3 is 10.7 Å². The highest BCUT2D eigenvalue weighted by Crippen LogP contribution is 2.13. The van der Waals surface area contributed by atoms with Gasteiger partial charge in [-0.05, 0) is 44.0 Å². The zero-order valence-electron chi connectivity index (χ0n) is 9.64. The first-order valence-corrected chi connectivity index (χ1v) is 4.94. The molecule has 1 amide bonds. The van der Waals surface area contributed by atoms with Crippen LogP contribution in [0.3, 0.4) is 0 Å². The SMILES string of the molecule is CC(=N)C(=N)C(=O)Nc1ccc(C)c(C)c1. The molecule has 0 heterocycles. The number of nitrogens with one attached hydrogen (secondary N) is 3. The number of aryl methyl sites for hydroxylation is 2. The molecule has 1 aromatic rings. The van der Waals surface area contributed by atoms with Crippen molar-refractivity contribution in [2.75, 3.05) is 5.32 Å². The van der Waals surface area contributed by atoms with Crippen LogP contribution in [0.15, 0.2) is 18.2 Å².